The Morgan fingerprint density at radius 1 is 0.625 bits per heavy atom. The highest BCUT2D eigenvalue weighted by Gasteiger charge is 2.23. The molecule has 0 aromatic rings. The van der Waals surface area contributed by atoms with E-state index in [9.17, 15) is 19.4 Å². The number of nitrogens with one attached hydrogen (secondary N) is 1. The van der Waals surface area contributed by atoms with Crippen molar-refractivity contribution in [2.75, 3.05) is 40.9 Å². The first-order valence-electron chi connectivity index (χ1n) is 23.4. The summed E-state index contributed by atoms with van der Waals surface area (Å²) in [5, 5.41) is 13.8. The molecule has 3 atom stereocenters. The average Bonchev–Trinajstić information content (AvgIpc) is 3.15. The predicted octanol–water partition coefficient (Wildman–Crippen LogP) is 12.5. The van der Waals surface area contributed by atoms with Crippen LogP contribution in [0.1, 0.15) is 206 Å². The number of phosphoric ester groups is 1. The van der Waals surface area contributed by atoms with Gasteiger partial charge in [0.2, 0.25) is 5.91 Å². The molecule has 0 heterocycles. The Morgan fingerprint density at radius 3 is 1.52 bits per heavy atom. The Labute approximate surface area is 347 Å². The fourth-order valence-electron chi connectivity index (χ4n) is 6.59. The minimum Gasteiger partial charge on any atom is -0.756 e. The highest BCUT2D eigenvalue weighted by Crippen LogP contribution is 2.38. The summed E-state index contributed by atoms with van der Waals surface area (Å²) in [4.78, 5) is 25.3. The maximum Gasteiger partial charge on any atom is 0.268 e. The first-order valence-corrected chi connectivity index (χ1v) is 24.8. The Morgan fingerprint density at radius 2 is 1.04 bits per heavy atom. The number of phosphoric acid groups is 1. The van der Waals surface area contributed by atoms with E-state index >= 15 is 0 Å². The molecule has 0 spiro atoms. The van der Waals surface area contributed by atoms with Gasteiger partial charge in [-0.3, -0.25) is 9.36 Å². The van der Waals surface area contributed by atoms with E-state index in [4.69, 9.17) is 9.05 Å². The number of aliphatic hydroxyl groups excluding tert-OH is 1. The van der Waals surface area contributed by atoms with Gasteiger partial charge in [-0.15, -0.1) is 0 Å². The van der Waals surface area contributed by atoms with Gasteiger partial charge >= 0.3 is 0 Å². The quantitative estimate of drug-likeness (QED) is 0.0275. The van der Waals surface area contributed by atoms with Crippen LogP contribution in [-0.2, 0) is 18.4 Å². The molecule has 0 radical (unpaired) electrons. The minimum atomic E-state index is -4.59. The number of carbonyl (C=O) groups is 1. The lowest BCUT2D eigenvalue weighted by atomic mass is 10.0. The fourth-order valence-corrected chi connectivity index (χ4v) is 7.32. The molecule has 2 N–H and O–H groups in total. The van der Waals surface area contributed by atoms with Crippen molar-refractivity contribution in [3.05, 3.63) is 36.5 Å². The van der Waals surface area contributed by atoms with Crippen molar-refractivity contribution in [1.29, 1.82) is 0 Å². The van der Waals surface area contributed by atoms with Gasteiger partial charge in [-0.25, -0.2) is 0 Å². The summed E-state index contributed by atoms with van der Waals surface area (Å²) >= 11 is 0. The van der Waals surface area contributed by atoms with Crippen LogP contribution in [0.2, 0.25) is 0 Å². The molecule has 0 aliphatic rings. The first-order chi connectivity index (χ1) is 27.0. The van der Waals surface area contributed by atoms with Crippen LogP contribution in [0.15, 0.2) is 36.5 Å². The maximum absolute atomic E-state index is 12.9. The predicted molar refractivity (Wildman–Crippen MR) is 238 cm³/mol. The largest absolute Gasteiger partial charge is 0.756 e. The van der Waals surface area contributed by atoms with Crippen molar-refractivity contribution in [2.24, 2.45) is 0 Å². The van der Waals surface area contributed by atoms with Crippen molar-refractivity contribution in [3.8, 4) is 0 Å². The van der Waals surface area contributed by atoms with Gasteiger partial charge in [0.15, 0.2) is 0 Å². The smallest absolute Gasteiger partial charge is 0.268 e. The molecule has 0 aliphatic heterocycles. The van der Waals surface area contributed by atoms with E-state index in [0.29, 0.717) is 17.4 Å². The molecule has 0 rings (SSSR count). The molecular weight excluding hydrogens is 719 g/mol. The summed E-state index contributed by atoms with van der Waals surface area (Å²) in [5.41, 5.74) is 0. The van der Waals surface area contributed by atoms with Gasteiger partial charge in [0.05, 0.1) is 39.9 Å². The van der Waals surface area contributed by atoms with Gasteiger partial charge < -0.3 is 28.8 Å². The number of allylic oxidation sites excluding steroid dienone is 5. The van der Waals surface area contributed by atoms with E-state index in [1.165, 1.54) is 122 Å². The third-order valence-electron chi connectivity index (χ3n) is 10.3. The van der Waals surface area contributed by atoms with Crippen LogP contribution in [0.3, 0.4) is 0 Å². The van der Waals surface area contributed by atoms with Gasteiger partial charge in [0.25, 0.3) is 7.82 Å². The van der Waals surface area contributed by atoms with Gasteiger partial charge in [-0.05, 0) is 51.4 Å². The normalized spacial score (nSPS) is 14.6. The topological polar surface area (TPSA) is 108 Å². The second-order valence-electron chi connectivity index (χ2n) is 17.1. The number of carbonyl (C=O) groups excluding carboxylic acids is 1. The fraction of sp³-hybridized carbons (Fsp3) is 0.851. The van der Waals surface area contributed by atoms with Crippen LogP contribution in [0.25, 0.3) is 0 Å². The molecule has 1 amide bonds. The van der Waals surface area contributed by atoms with Crippen molar-refractivity contribution in [1.82, 2.24) is 5.32 Å². The average molecular weight is 811 g/mol. The van der Waals surface area contributed by atoms with Crippen LogP contribution in [0.4, 0.5) is 0 Å². The first kappa shape index (κ1) is 54.7. The lowest BCUT2D eigenvalue weighted by molar-refractivity contribution is -0.870. The monoisotopic (exact) mass is 811 g/mol. The number of amides is 1. The van der Waals surface area contributed by atoms with Gasteiger partial charge in [-0.2, -0.15) is 0 Å². The van der Waals surface area contributed by atoms with Crippen molar-refractivity contribution in [3.63, 3.8) is 0 Å². The zero-order valence-corrected chi connectivity index (χ0v) is 38.2. The lowest BCUT2D eigenvalue weighted by Crippen LogP contribution is -2.45. The number of hydrogen-bond acceptors (Lipinski definition) is 6. The third-order valence-corrected chi connectivity index (χ3v) is 11.3. The molecule has 330 valence electrons. The summed E-state index contributed by atoms with van der Waals surface area (Å²) in [7, 11) is 1.25. The van der Waals surface area contributed by atoms with Gasteiger partial charge in [-0.1, -0.05) is 185 Å². The molecule has 0 aromatic carbocycles. The highest BCUT2D eigenvalue weighted by atomic mass is 31.2. The number of rotatable bonds is 42. The number of quaternary nitrogens is 1. The van der Waals surface area contributed by atoms with E-state index in [0.717, 1.165) is 64.2 Å². The SMILES string of the molecule is CCCCC/C=C\C/C=C\CCCCCCCC(=O)NC(COP(=O)([O-])OCC[N+](C)(C)C)C(O)/C=C/CCCCCCCCCCCCCCCCCCC. The molecule has 0 aromatic heterocycles. The zero-order chi connectivity index (χ0) is 41.4. The van der Waals surface area contributed by atoms with E-state index in [1.54, 1.807) is 6.08 Å². The number of nitrogens with zero attached hydrogens (tertiary/aromatic N) is 1. The standard InChI is InChI=1S/C47H91N2O6P/c1-6-8-10-12-14-16-18-20-22-23-24-25-27-28-30-32-34-36-38-40-46(50)45(44-55-56(52,53)54-43-42-49(3,4)5)48-47(51)41-39-37-35-33-31-29-26-21-19-17-15-13-11-9-7-2/h15,17,21,26,38,40,45-46,50H,6-14,16,18-20,22-25,27-37,39,41-44H2,1-5H3,(H-,48,51,52,53)/b17-15-,26-21-,40-38+. The van der Waals surface area contributed by atoms with Crippen molar-refractivity contribution >= 4 is 13.7 Å². The van der Waals surface area contributed by atoms with E-state index in [1.807, 2.05) is 27.2 Å². The second kappa shape index (κ2) is 39.2. The summed E-state index contributed by atoms with van der Waals surface area (Å²) in [6.07, 6.45) is 47.6. The van der Waals surface area contributed by atoms with Crippen LogP contribution in [0.5, 0.6) is 0 Å². The molecule has 3 unspecified atom stereocenters. The zero-order valence-electron chi connectivity index (χ0n) is 37.3. The number of likely N-dealkylation sites (N-methyl/N-ethyl adjacent to an activating group) is 1. The van der Waals surface area contributed by atoms with Gasteiger partial charge in [0.1, 0.15) is 13.2 Å². The Hall–Kier alpha value is -1.28. The van der Waals surface area contributed by atoms with Crippen LogP contribution in [0, 0.1) is 0 Å². The van der Waals surface area contributed by atoms with Gasteiger partial charge in [0, 0.05) is 6.42 Å². The van der Waals surface area contributed by atoms with Crippen LogP contribution < -0.4 is 10.2 Å². The minimum absolute atomic E-state index is 0.00403. The van der Waals surface area contributed by atoms with Crippen LogP contribution in [-0.4, -0.2) is 68.5 Å². The van der Waals surface area contributed by atoms with Crippen LogP contribution >= 0.6 is 7.82 Å². The number of unbranched alkanes of at least 4 members (excludes halogenated alkanes) is 25. The molecule has 0 bridgehead atoms. The molecule has 0 fully saturated rings. The molecule has 9 heteroatoms. The number of hydrogen-bond donors (Lipinski definition) is 2. The molecule has 56 heavy (non-hydrogen) atoms. The van der Waals surface area contributed by atoms with Crippen molar-refractivity contribution < 1.29 is 32.9 Å². The highest BCUT2D eigenvalue weighted by molar-refractivity contribution is 7.45. The third kappa shape index (κ3) is 40.9. The number of aliphatic hydroxyl groups is 1. The lowest BCUT2D eigenvalue weighted by Gasteiger charge is -2.29. The Kier molecular flexibility index (Phi) is 38.3. The molecular formula is C47H91N2O6P. The molecule has 0 aliphatic carbocycles. The van der Waals surface area contributed by atoms with E-state index in [-0.39, 0.29) is 19.1 Å². The van der Waals surface area contributed by atoms with E-state index < -0.39 is 20.0 Å². The summed E-state index contributed by atoms with van der Waals surface area (Å²) in [5.74, 6) is -0.211. The Bertz CT molecular complexity index is 1010. The Balaban J connectivity index is 4.41. The summed E-state index contributed by atoms with van der Waals surface area (Å²) in [6.45, 7) is 4.61. The summed E-state index contributed by atoms with van der Waals surface area (Å²) in [6, 6.07) is -0.892. The maximum atomic E-state index is 12.9. The molecule has 0 saturated heterocycles. The molecule has 8 nitrogen and oxygen atoms in total. The molecule has 0 saturated carbocycles. The van der Waals surface area contributed by atoms with Crippen molar-refractivity contribution in [2.45, 2.75) is 219 Å². The van der Waals surface area contributed by atoms with E-state index in [2.05, 4.69) is 43.5 Å². The summed E-state index contributed by atoms with van der Waals surface area (Å²) < 4.78 is 23.2. The second-order valence-corrected chi connectivity index (χ2v) is 18.5.